The smallest absolute Gasteiger partial charge is 0.344 e. The van der Waals surface area contributed by atoms with Gasteiger partial charge in [0.2, 0.25) is 0 Å². The Bertz CT molecular complexity index is 895. The summed E-state index contributed by atoms with van der Waals surface area (Å²) < 4.78 is 10.8. The summed E-state index contributed by atoms with van der Waals surface area (Å²) in [4.78, 5) is 24.6. The van der Waals surface area contributed by atoms with Crippen molar-refractivity contribution < 1.29 is 24.2 Å². The summed E-state index contributed by atoms with van der Waals surface area (Å²) >= 11 is 0. The van der Waals surface area contributed by atoms with E-state index >= 15 is 0 Å². The minimum atomic E-state index is -1.11. The van der Waals surface area contributed by atoms with E-state index in [4.69, 9.17) is 9.47 Å². The van der Waals surface area contributed by atoms with Crippen LogP contribution in [0.15, 0.2) is 42.5 Å². The molecule has 3 rings (SSSR count). The maximum atomic E-state index is 12.7. The Hall–Kier alpha value is -2.82. The quantitative estimate of drug-likeness (QED) is 0.249. The van der Waals surface area contributed by atoms with Crippen LogP contribution >= 0.6 is 0 Å². The summed E-state index contributed by atoms with van der Waals surface area (Å²) in [5, 5.41) is 9.74. The lowest BCUT2D eigenvalue weighted by molar-refractivity contribution is 0.0667. The van der Waals surface area contributed by atoms with E-state index in [9.17, 15) is 14.7 Å². The molecule has 2 aromatic carbocycles. The van der Waals surface area contributed by atoms with E-state index in [1.165, 1.54) is 38.5 Å². The second-order valence-corrected chi connectivity index (χ2v) is 8.62. The molecule has 5 heteroatoms. The number of esters is 1. The number of carboxylic acids is 1. The zero-order chi connectivity index (χ0) is 22.9. The molecule has 0 amide bonds. The van der Waals surface area contributed by atoms with Gasteiger partial charge in [0.05, 0.1) is 17.7 Å². The van der Waals surface area contributed by atoms with Crippen LogP contribution in [-0.4, -0.2) is 23.7 Å². The summed E-state index contributed by atoms with van der Waals surface area (Å²) in [6.45, 7) is 4.67. The van der Waals surface area contributed by atoms with E-state index in [0.29, 0.717) is 24.0 Å². The fourth-order valence-electron chi connectivity index (χ4n) is 4.57. The first kappa shape index (κ1) is 23.8. The first-order valence-electron chi connectivity index (χ1n) is 11.8. The van der Waals surface area contributed by atoms with Gasteiger partial charge in [-0.1, -0.05) is 38.7 Å². The highest BCUT2D eigenvalue weighted by atomic mass is 16.5. The lowest BCUT2D eigenvalue weighted by Crippen LogP contribution is -2.17. The zero-order valence-corrected chi connectivity index (χ0v) is 19.1. The molecule has 0 atom stereocenters. The molecular weight excluding hydrogens is 404 g/mol. The first-order chi connectivity index (χ1) is 15.5. The Kier molecular flexibility index (Phi) is 8.72. The minimum Gasteiger partial charge on any atom is -0.494 e. The standard InChI is InChI=1S/C27H34O5/c1-3-5-6-7-19-8-10-20(11-9-19)21-12-17-24(25(18-21)26(28)29)27(30)32-23-15-13-22(14-16-23)31-4-2/h12-20H,3-11H2,1-2H3,(H,28,29)/t19-,20-. The molecule has 0 saturated heterocycles. The highest BCUT2D eigenvalue weighted by Crippen LogP contribution is 2.38. The van der Waals surface area contributed by atoms with Crippen molar-refractivity contribution in [1.29, 1.82) is 0 Å². The van der Waals surface area contributed by atoms with Crippen LogP contribution in [0.4, 0.5) is 0 Å². The monoisotopic (exact) mass is 438 g/mol. The average molecular weight is 439 g/mol. The minimum absolute atomic E-state index is 0.00325. The fourth-order valence-corrected chi connectivity index (χ4v) is 4.57. The zero-order valence-electron chi connectivity index (χ0n) is 19.1. The van der Waals surface area contributed by atoms with Crippen LogP contribution in [0, 0.1) is 5.92 Å². The summed E-state index contributed by atoms with van der Waals surface area (Å²) in [6, 6.07) is 11.9. The Balaban J connectivity index is 1.67. The van der Waals surface area contributed by atoms with Crippen molar-refractivity contribution in [3.05, 3.63) is 59.2 Å². The number of carbonyl (C=O) groups excluding carboxylic acids is 1. The van der Waals surface area contributed by atoms with Crippen LogP contribution in [0.25, 0.3) is 0 Å². The van der Waals surface area contributed by atoms with Crippen molar-refractivity contribution in [3.63, 3.8) is 0 Å². The van der Waals surface area contributed by atoms with E-state index in [1.807, 2.05) is 13.0 Å². The van der Waals surface area contributed by atoms with Gasteiger partial charge in [0.25, 0.3) is 0 Å². The molecule has 5 nitrogen and oxygen atoms in total. The van der Waals surface area contributed by atoms with Crippen LogP contribution in [0.3, 0.4) is 0 Å². The molecule has 172 valence electrons. The summed E-state index contributed by atoms with van der Waals surface area (Å²) in [5.74, 6) is 0.395. The van der Waals surface area contributed by atoms with Gasteiger partial charge in [-0.15, -0.1) is 0 Å². The number of carbonyl (C=O) groups is 2. The predicted octanol–water partition coefficient (Wildman–Crippen LogP) is 6.86. The summed E-state index contributed by atoms with van der Waals surface area (Å²) in [7, 11) is 0. The molecule has 2 aromatic rings. The molecule has 1 N–H and O–H groups in total. The maximum Gasteiger partial charge on any atom is 0.344 e. The number of benzene rings is 2. The number of aromatic carboxylic acids is 1. The van der Waals surface area contributed by atoms with E-state index in [1.54, 1.807) is 36.4 Å². The average Bonchev–Trinajstić information content (AvgIpc) is 2.81. The first-order valence-corrected chi connectivity index (χ1v) is 11.8. The van der Waals surface area contributed by atoms with Crippen molar-refractivity contribution in [2.75, 3.05) is 6.61 Å². The van der Waals surface area contributed by atoms with Crippen molar-refractivity contribution in [1.82, 2.24) is 0 Å². The summed E-state index contributed by atoms with van der Waals surface area (Å²) in [5.41, 5.74) is 1.08. The molecule has 0 unspecified atom stereocenters. The molecule has 0 spiro atoms. The van der Waals surface area contributed by atoms with Gasteiger partial charge in [0.1, 0.15) is 11.5 Å². The predicted molar refractivity (Wildman–Crippen MR) is 125 cm³/mol. The second-order valence-electron chi connectivity index (χ2n) is 8.62. The number of unbranched alkanes of at least 4 members (excludes halogenated alkanes) is 2. The van der Waals surface area contributed by atoms with Crippen LogP contribution in [0.2, 0.25) is 0 Å². The van der Waals surface area contributed by atoms with Crippen molar-refractivity contribution in [3.8, 4) is 11.5 Å². The lowest BCUT2D eigenvalue weighted by atomic mass is 9.76. The third kappa shape index (κ3) is 6.35. The normalized spacial score (nSPS) is 18.2. The molecular formula is C27H34O5. The van der Waals surface area contributed by atoms with Gasteiger partial charge in [-0.25, -0.2) is 9.59 Å². The highest BCUT2D eigenvalue weighted by Gasteiger charge is 2.25. The molecule has 0 aromatic heterocycles. The molecule has 0 bridgehead atoms. The second kappa shape index (κ2) is 11.7. The Morgan fingerprint density at radius 1 is 0.906 bits per heavy atom. The molecule has 1 aliphatic carbocycles. The number of hydrogen-bond donors (Lipinski definition) is 1. The third-order valence-corrected chi connectivity index (χ3v) is 6.37. The van der Waals surface area contributed by atoms with Crippen LogP contribution in [0.5, 0.6) is 11.5 Å². The van der Waals surface area contributed by atoms with E-state index < -0.39 is 11.9 Å². The van der Waals surface area contributed by atoms with E-state index in [-0.39, 0.29) is 11.1 Å². The van der Waals surface area contributed by atoms with Crippen molar-refractivity contribution in [2.24, 2.45) is 5.92 Å². The molecule has 0 aliphatic heterocycles. The fraction of sp³-hybridized carbons (Fsp3) is 0.481. The van der Waals surface area contributed by atoms with Crippen molar-refractivity contribution in [2.45, 2.75) is 71.1 Å². The van der Waals surface area contributed by atoms with Gasteiger partial charge in [0.15, 0.2) is 0 Å². The molecule has 0 heterocycles. The molecule has 32 heavy (non-hydrogen) atoms. The van der Waals surface area contributed by atoms with Gasteiger partial charge in [0, 0.05) is 0 Å². The SMILES string of the molecule is CCCCC[C@H]1CC[C@H](c2ccc(C(=O)Oc3ccc(OCC)cc3)c(C(=O)O)c2)CC1. The molecule has 1 fully saturated rings. The van der Waals surface area contributed by atoms with Gasteiger partial charge >= 0.3 is 11.9 Å². The largest absolute Gasteiger partial charge is 0.494 e. The van der Waals surface area contributed by atoms with E-state index in [0.717, 1.165) is 24.3 Å². The number of rotatable bonds is 10. The number of carboxylic acid groups (broad SMARTS) is 1. The number of ether oxygens (including phenoxy) is 2. The Morgan fingerprint density at radius 3 is 2.22 bits per heavy atom. The van der Waals surface area contributed by atoms with Gasteiger partial charge in [-0.3, -0.25) is 0 Å². The van der Waals surface area contributed by atoms with E-state index in [2.05, 4.69) is 6.92 Å². The van der Waals surface area contributed by atoms with Gasteiger partial charge in [-0.05, 0) is 86.4 Å². The molecule has 1 aliphatic rings. The Morgan fingerprint density at radius 2 is 1.59 bits per heavy atom. The van der Waals surface area contributed by atoms with Crippen LogP contribution < -0.4 is 9.47 Å². The van der Waals surface area contributed by atoms with Crippen LogP contribution in [0.1, 0.15) is 97.4 Å². The Labute approximate surface area is 190 Å². The number of hydrogen-bond acceptors (Lipinski definition) is 4. The topological polar surface area (TPSA) is 72.8 Å². The maximum absolute atomic E-state index is 12.7. The summed E-state index contributed by atoms with van der Waals surface area (Å²) in [6.07, 6.45) is 9.70. The third-order valence-electron chi connectivity index (χ3n) is 6.37. The molecule has 0 radical (unpaired) electrons. The van der Waals surface area contributed by atoms with Gasteiger partial charge in [-0.2, -0.15) is 0 Å². The van der Waals surface area contributed by atoms with Crippen LogP contribution in [-0.2, 0) is 0 Å². The molecule has 1 saturated carbocycles. The lowest BCUT2D eigenvalue weighted by Gasteiger charge is -2.29. The highest BCUT2D eigenvalue weighted by molar-refractivity contribution is 6.03. The van der Waals surface area contributed by atoms with Crippen molar-refractivity contribution >= 4 is 11.9 Å². The van der Waals surface area contributed by atoms with Gasteiger partial charge < -0.3 is 14.6 Å².